The number of nitrogens with one attached hydrogen (secondary N) is 2. The van der Waals surface area contributed by atoms with Crippen molar-refractivity contribution in [2.75, 3.05) is 0 Å². The molecule has 2 N–H and O–H groups in total. The summed E-state index contributed by atoms with van der Waals surface area (Å²) in [6, 6.07) is 7.58. The van der Waals surface area contributed by atoms with Gasteiger partial charge in [0.25, 0.3) is 0 Å². The lowest BCUT2D eigenvalue weighted by atomic mass is 10.1. The Morgan fingerprint density at radius 3 is 2.52 bits per heavy atom. The second-order valence-corrected chi connectivity index (χ2v) is 5.94. The minimum Gasteiger partial charge on any atom is -0.337 e. The van der Waals surface area contributed by atoms with E-state index >= 15 is 0 Å². The molecule has 0 spiro atoms. The number of carbonyl (C=O) groups excluding carboxylic acids is 1. The molecule has 0 unspecified atom stereocenters. The number of hydrogen-bond acceptors (Lipinski definition) is 4. The van der Waals surface area contributed by atoms with Crippen LogP contribution in [0.5, 0.6) is 0 Å². The number of carbonyl (C=O) groups is 1. The molecule has 6 heteroatoms. The van der Waals surface area contributed by atoms with Gasteiger partial charge in [0.2, 0.25) is 11.7 Å². The first-order valence-electron chi connectivity index (χ1n) is 6.79. The van der Waals surface area contributed by atoms with Crippen LogP contribution in [0.2, 0.25) is 0 Å². The molecule has 0 aliphatic carbocycles. The third-order valence-corrected chi connectivity index (χ3v) is 2.67. The summed E-state index contributed by atoms with van der Waals surface area (Å²) < 4.78 is 5.13. The average molecular weight is 288 g/mol. The predicted molar refractivity (Wildman–Crippen MR) is 79.6 cm³/mol. The first kappa shape index (κ1) is 15.0. The van der Waals surface area contributed by atoms with E-state index in [-0.39, 0.29) is 18.1 Å². The molecule has 0 aliphatic heterocycles. The predicted octanol–water partition coefficient (Wildman–Crippen LogP) is 2.64. The molecule has 0 saturated carbocycles. The lowest BCUT2D eigenvalue weighted by Gasteiger charge is -2.20. The van der Waals surface area contributed by atoms with Crippen LogP contribution < -0.4 is 10.6 Å². The molecule has 0 radical (unpaired) electrons. The fourth-order valence-corrected chi connectivity index (χ4v) is 1.69. The second kappa shape index (κ2) is 5.95. The number of amides is 2. The molecule has 1 aromatic heterocycles. The van der Waals surface area contributed by atoms with Gasteiger partial charge in [0.15, 0.2) is 0 Å². The van der Waals surface area contributed by atoms with Gasteiger partial charge in [-0.25, -0.2) is 4.79 Å². The van der Waals surface area contributed by atoms with Gasteiger partial charge in [-0.15, -0.1) is 0 Å². The highest BCUT2D eigenvalue weighted by molar-refractivity contribution is 5.74. The quantitative estimate of drug-likeness (QED) is 0.910. The minimum atomic E-state index is -0.286. The lowest BCUT2D eigenvalue weighted by Crippen LogP contribution is -2.46. The van der Waals surface area contributed by atoms with Crippen LogP contribution in [0, 0.1) is 6.92 Å². The smallest absolute Gasteiger partial charge is 0.315 e. The first-order chi connectivity index (χ1) is 9.83. The highest BCUT2D eigenvalue weighted by atomic mass is 16.5. The normalized spacial score (nSPS) is 11.2. The Morgan fingerprint density at radius 2 is 1.90 bits per heavy atom. The summed E-state index contributed by atoms with van der Waals surface area (Å²) in [5.74, 6) is 0.887. The highest BCUT2D eigenvalue weighted by Gasteiger charge is 2.14. The number of hydrogen-bond donors (Lipinski definition) is 2. The zero-order valence-electron chi connectivity index (χ0n) is 12.7. The van der Waals surface area contributed by atoms with Crippen LogP contribution in [0.4, 0.5) is 4.79 Å². The van der Waals surface area contributed by atoms with E-state index in [0.717, 1.165) is 5.56 Å². The largest absolute Gasteiger partial charge is 0.337 e. The van der Waals surface area contributed by atoms with Crippen LogP contribution in [-0.4, -0.2) is 21.7 Å². The van der Waals surface area contributed by atoms with Gasteiger partial charge in [-0.05, 0) is 27.7 Å². The molecule has 0 bridgehead atoms. The monoisotopic (exact) mass is 288 g/mol. The number of urea groups is 1. The molecular formula is C15H20N4O2. The third kappa shape index (κ3) is 4.59. The topological polar surface area (TPSA) is 80.0 Å². The van der Waals surface area contributed by atoms with Crippen LogP contribution in [0.15, 0.2) is 28.8 Å². The van der Waals surface area contributed by atoms with Gasteiger partial charge in [0.05, 0.1) is 6.54 Å². The van der Waals surface area contributed by atoms with Gasteiger partial charge in [0.1, 0.15) is 0 Å². The third-order valence-electron chi connectivity index (χ3n) is 2.67. The lowest BCUT2D eigenvalue weighted by molar-refractivity contribution is 0.229. The Balaban J connectivity index is 1.94. The number of nitrogens with zero attached hydrogens (tertiary/aromatic N) is 2. The minimum absolute atomic E-state index is 0.195. The molecular weight excluding hydrogens is 268 g/mol. The molecule has 112 valence electrons. The Kier molecular flexibility index (Phi) is 4.26. The van der Waals surface area contributed by atoms with Crippen LogP contribution in [0.1, 0.15) is 32.2 Å². The summed E-state index contributed by atoms with van der Waals surface area (Å²) in [7, 11) is 0. The zero-order valence-corrected chi connectivity index (χ0v) is 12.7. The molecule has 1 aromatic carbocycles. The molecule has 6 nitrogen and oxygen atoms in total. The summed E-state index contributed by atoms with van der Waals surface area (Å²) in [6.07, 6.45) is 0. The fourth-order valence-electron chi connectivity index (χ4n) is 1.69. The van der Waals surface area contributed by atoms with Crippen molar-refractivity contribution in [3.05, 3.63) is 35.7 Å². The van der Waals surface area contributed by atoms with Gasteiger partial charge in [-0.3, -0.25) is 0 Å². The summed E-state index contributed by atoms with van der Waals surface area (Å²) in [5.41, 5.74) is 1.77. The van der Waals surface area contributed by atoms with Crippen molar-refractivity contribution in [3.63, 3.8) is 0 Å². The number of aryl methyl sites for hydroxylation is 1. The average Bonchev–Trinajstić information content (AvgIpc) is 2.84. The molecule has 2 rings (SSSR count). The molecule has 2 aromatic rings. The molecule has 0 fully saturated rings. The zero-order chi connectivity index (χ0) is 15.5. The van der Waals surface area contributed by atoms with Crippen molar-refractivity contribution in [2.24, 2.45) is 0 Å². The maximum absolute atomic E-state index is 11.6. The van der Waals surface area contributed by atoms with Gasteiger partial charge in [-0.1, -0.05) is 35.0 Å². The van der Waals surface area contributed by atoms with Crippen LogP contribution in [0.25, 0.3) is 11.4 Å². The number of rotatable bonds is 3. The number of benzene rings is 1. The Morgan fingerprint density at radius 1 is 1.24 bits per heavy atom. The Hall–Kier alpha value is -2.37. The van der Waals surface area contributed by atoms with E-state index in [1.165, 1.54) is 5.56 Å². The first-order valence-corrected chi connectivity index (χ1v) is 6.79. The van der Waals surface area contributed by atoms with Crippen molar-refractivity contribution in [2.45, 2.75) is 39.8 Å². The molecule has 0 saturated heterocycles. The maximum Gasteiger partial charge on any atom is 0.315 e. The standard InChI is InChI=1S/C15H20N4O2/c1-10-5-7-11(8-6-10)13-17-12(21-19-13)9-16-14(20)18-15(2,3)4/h5-8H,9H2,1-4H3,(H2,16,18,20). The molecule has 21 heavy (non-hydrogen) atoms. The van der Waals surface area contributed by atoms with E-state index in [0.29, 0.717) is 11.7 Å². The van der Waals surface area contributed by atoms with E-state index < -0.39 is 0 Å². The van der Waals surface area contributed by atoms with E-state index in [4.69, 9.17) is 4.52 Å². The molecule has 0 atom stereocenters. The van der Waals surface area contributed by atoms with Gasteiger partial charge < -0.3 is 15.2 Å². The number of aromatic nitrogens is 2. The molecule has 0 aliphatic rings. The summed E-state index contributed by atoms with van der Waals surface area (Å²) in [4.78, 5) is 15.9. The maximum atomic E-state index is 11.6. The van der Waals surface area contributed by atoms with Crippen molar-refractivity contribution in [1.82, 2.24) is 20.8 Å². The van der Waals surface area contributed by atoms with E-state index in [9.17, 15) is 4.79 Å². The Labute approximate surface area is 123 Å². The van der Waals surface area contributed by atoms with Crippen molar-refractivity contribution >= 4 is 6.03 Å². The fraction of sp³-hybridized carbons (Fsp3) is 0.400. The molecule has 1 heterocycles. The Bertz CT molecular complexity index is 611. The second-order valence-electron chi connectivity index (χ2n) is 5.94. The van der Waals surface area contributed by atoms with Crippen molar-refractivity contribution in [3.8, 4) is 11.4 Å². The van der Waals surface area contributed by atoms with E-state index in [1.54, 1.807) is 0 Å². The van der Waals surface area contributed by atoms with Gasteiger partial charge in [0, 0.05) is 11.1 Å². The summed E-state index contributed by atoms with van der Waals surface area (Å²) in [6.45, 7) is 7.95. The van der Waals surface area contributed by atoms with Crippen molar-refractivity contribution in [1.29, 1.82) is 0 Å². The van der Waals surface area contributed by atoms with E-state index in [1.807, 2.05) is 52.0 Å². The van der Waals surface area contributed by atoms with Crippen LogP contribution >= 0.6 is 0 Å². The van der Waals surface area contributed by atoms with Gasteiger partial charge in [-0.2, -0.15) is 4.98 Å². The van der Waals surface area contributed by atoms with E-state index in [2.05, 4.69) is 20.8 Å². The van der Waals surface area contributed by atoms with Crippen molar-refractivity contribution < 1.29 is 9.32 Å². The SMILES string of the molecule is Cc1ccc(-c2noc(CNC(=O)NC(C)(C)C)n2)cc1. The highest BCUT2D eigenvalue weighted by Crippen LogP contribution is 2.16. The van der Waals surface area contributed by atoms with Gasteiger partial charge >= 0.3 is 6.03 Å². The summed E-state index contributed by atoms with van der Waals surface area (Å²) >= 11 is 0. The molecule has 2 amide bonds. The summed E-state index contributed by atoms with van der Waals surface area (Å²) in [5, 5.41) is 9.39. The van der Waals surface area contributed by atoms with Crippen LogP contribution in [-0.2, 0) is 6.54 Å². The van der Waals surface area contributed by atoms with Crippen LogP contribution in [0.3, 0.4) is 0 Å².